The molecule has 1 aromatic rings. The predicted molar refractivity (Wildman–Crippen MR) is 89.5 cm³/mol. The topological polar surface area (TPSA) is 45.7 Å². The molecule has 0 N–H and O–H groups in total. The van der Waals surface area contributed by atoms with Crippen molar-refractivity contribution in [1.29, 1.82) is 0 Å². The maximum atomic E-state index is 11.8. The van der Waals surface area contributed by atoms with Gasteiger partial charge in [-0.2, -0.15) is 0 Å². The number of amides is 1. The molecule has 1 saturated carbocycles. The van der Waals surface area contributed by atoms with Crippen LogP contribution in [0.3, 0.4) is 0 Å². The van der Waals surface area contributed by atoms with E-state index in [1.54, 1.807) is 11.3 Å². The number of hydrogen-bond acceptors (Lipinski definition) is 5. The van der Waals surface area contributed by atoms with E-state index in [2.05, 4.69) is 9.88 Å². The summed E-state index contributed by atoms with van der Waals surface area (Å²) >= 11 is 1.63. The van der Waals surface area contributed by atoms with Crippen LogP contribution in [0.4, 0.5) is 0 Å². The van der Waals surface area contributed by atoms with Gasteiger partial charge in [-0.05, 0) is 25.7 Å². The average molecular weight is 335 g/mol. The largest absolute Gasteiger partial charge is 0.467 e. The van der Waals surface area contributed by atoms with Crippen molar-refractivity contribution in [2.75, 3.05) is 13.1 Å². The van der Waals surface area contributed by atoms with Gasteiger partial charge in [0, 0.05) is 25.6 Å². The molecule has 2 fully saturated rings. The molecule has 1 saturated heterocycles. The molecule has 0 radical (unpaired) electrons. The Labute approximate surface area is 141 Å². The Morgan fingerprint density at radius 1 is 1.26 bits per heavy atom. The molecule has 23 heavy (non-hydrogen) atoms. The second-order valence-electron chi connectivity index (χ2n) is 6.89. The highest BCUT2D eigenvalue weighted by molar-refractivity contribution is 7.13. The molecular formula is C17H25N3O2S. The van der Waals surface area contributed by atoms with E-state index in [1.807, 2.05) is 11.8 Å². The number of nitrogens with zero attached hydrogens (tertiary/aromatic N) is 3. The zero-order chi connectivity index (χ0) is 15.8. The summed E-state index contributed by atoms with van der Waals surface area (Å²) < 4.78 is 6.13. The lowest BCUT2D eigenvalue weighted by molar-refractivity contribution is -0.131. The second kappa shape index (κ2) is 6.40. The Kier molecular flexibility index (Phi) is 4.28. The van der Waals surface area contributed by atoms with E-state index in [9.17, 15) is 4.79 Å². The third kappa shape index (κ3) is 3.11. The molecule has 126 valence electrons. The van der Waals surface area contributed by atoms with E-state index in [1.165, 1.54) is 37.2 Å². The van der Waals surface area contributed by atoms with Crippen LogP contribution < -0.4 is 4.74 Å². The van der Waals surface area contributed by atoms with Gasteiger partial charge in [-0.15, -0.1) is 0 Å². The van der Waals surface area contributed by atoms with Crippen molar-refractivity contribution in [2.45, 2.75) is 70.7 Å². The van der Waals surface area contributed by atoms with Crippen molar-refractivity contribution in [3.63, 3.8) is 0 Å². The molecule has 3 heterocycles. The number of carbonyl (C=O) groups is 1. The first-order valence-corrected chi connectivity index (χ1v) is 9.71. The van der Waals surface area contributed by atoms with Crippen molar-refractivity contribution in [2.24, 2.45) is 0 Å². The minimum absolute atomic E-state index is 0.209. The van der Waals surface area contributed by atoms with Crippen LogP contribution in [0.1, 0.15) is 56.0 Å². The molecule has 4 rings (SSSR count). The Hall–Kier alpha value is -1.14. The fraction of sp³-hybridized carbons (Fsp3) is 0.765. The summed E-state index contributed by atoms with van der Waals surface area (Å²) in [4.78, 5) is 22.1. The predicted octanol–water partition coefficient (Wildman–Crippen LogP) is 2.79. The van der Waals surface area contributed by atoms with Gasteiger partial charge >= 0.3 is 0 Å². The molecule has 1 amide bonds. The van der Waals surface area contributed by atoms with Crippen LogP contribution >= 0.6 is 11.3 Å². The summed E-state index contributed by atoms with van der Waals surface area (Å²) in [5.74, 6) is 0.209. The van der Waals surface area contributed by atoms with Crippen molar-refractivity contribution < 1.29 is 9.53 Å². The lowest BCUT2D eigenvalue weighted by Gasteiger charge is -2.41. The van der Waals surface area contributed by atoms with E-state index in [0.29, 0.717) is 25.6 Å². The van der Waals surface area contributed by atoms with Crippen LogP contribution in [0.25, 0.3) is 0 Å². The molecule has 0 aromatic carbocycles. The normalized spacial score (nSPS) is 22.9. The molecule has 5 nitrogen and oxygen atoms in total. The zero-order valence-corrected chi connectivity index (χ0v) is 14.6. The average Bonchev–Trinajstić information content (AvgIpc) is 3.05. The second-order valence-corrected chi connectivity index (χ2v) is 7.94. The molecule has 3 aliphatic rings. The fourth-order valence-corrected chi connectivity index (χ4v) is 4.72. The van der Waals surface area contributed by atoms with E-state index < -0.39 is 0 Å². The van der Waals surface area contributed by atoms with Crippen LogP contribution in [0.15, 0.2) is 0 Å². The molecule has 0 spiro atoms. The van der Waals surface area contributed by atoms with Crippen LogP contribution in [0, 0.1) is 0 Å². The molecule has 6 heteroatoms. The van der Waals surface area contributed by atoms with Gasteiger partial charge in [0.25, 0.3) is 5.19 Å². The van der Waals surface area contributed by atoms with E-state index >= 15 is 0 Å². The number of likely N-dealkylation sites (tertiary alicyclic amines) is 1. The molecule has 1 aromatic heterocycles. The first-order chi connectivity index (χ1) is 11.2. The summed E-state index contributed by atoms with van der Waals surface area (Å²) in [7, 11) is 0. The van der Waals surface area contributed by atoms with Crippen LogP contribution in [0.2, 0.25) is 0 Å². The summed E-state index contributed by atoms with van der Waals surface area (Å²) in [6.45, 7) is 5.61. The van der Waals surface area contributed by atoms with Gasteiger partial charge in [-0.3, -0.25) is 4.79 Å². The number of ether oxygens (including phenoxy) is 1. The van der Waals surface area contributed by atoms with Crippen molar-refractivity contribution in [3.05, 3.63) is 10.6 Å². The minimum Gasteiger partial charge on any atom is -0.467 e. The zero-order valence-electron chi connectivity index (χ0n) is 13.8. The highest BCUT2D eigenvalue weighted by Gasteiger charge is 2.31. The summed E-state index contributed by atoms with van der Waals surface area (Å²) in [5.41, 5.74) is 1.04. The summed E-state index contributed by atoms with van der Waals surface area (Å²) in [6, 6.07) is 0.849. The first kappa shape index (κ1) is 15.4. The molecule has 0 atom stereocenters. The standard InChI is InChI=1S/C17H25N3O2S/c1-2-16(21)20-10-14-15(11-20)23-17(18-14)22-13-6-8-19(9-7-13)12-4-3-5-12/h12-13H,2-11H2,1H3. The smallest absolute Gasteiger partial charge is 0.274 e. The number of hydrogen-bond donors (Lipinski definition) is 0. The van der Waals surface area contributed by atoms with Gasteiger partial charge in [-0.25, -0.2) is 4.98 Å². The third-order valence-electron chi connectivity index (χ3n) is 5.42. The van der Waals surface area contributed by atoms with Gasteiger partial charge in [0.05, 0.1) is 23.7 Å². The molecular weight excluding hydrogens is 310 g/mol. The molecule has 1 aliphatic carbocycles. The minimum atomic E-state index is 0.209. The Morgan fingerprint density at radius 3 is 2.65 bits per heavy atom. The maximum absolute atomic E-state index is 11.8. The van der Waals surface area contributed by atoms with Crippen LogP contribution in [-0.2, 0) is 17.9 Å². The summed E-state index contributed by atoms with van der Waals surface area (Å²) in [6.07, 6.45) is 7.28. The Balaban J connectivity index is 1.29. The van der Waals surface area contributed by atoms with E-state index in [0.717, 1.165) is 29.8 Å². The fourth-order valence-electron chi connectivity index (χ4n) is 3.72. The van der Waals surface area contributed by atoms with Gasteiger partial charge in [0.2, 0.25) is 5.91 Å². The monoisotopic (exact) mass is 335 g/mol. The molecule has 0 unspecified atom stereocenters. The summed E-state index contributed by atoms with van der Waals surface area (Å²) in [5, 5.41) is 0.806. The van der Waals surface area contributed by atoms with E-state index in [4.69, 9.17) is 4.74 Å². The molecule has 2 aliphatic heterocycles. The van der Waals surface area contributed by atoms with Crippen molar-refractivity contribution >= 4 is 17.2 Å². The maximum Gasteiger partial charge on any atom is 0.274 e. The molecule has 0 bridgehead atoms. The van der Waals surface area contributed by atoms with Crippen LogP contribution in [-0.4, -0.2) is 45.9 Å². The highest BCUT2D eigenvalue weighted by Crippen LogP contribution is 2.34. The number of rotatable bonds is 4. The van der Waals surface area contributed by atoms with Crippen LogP contribution in [0.5, 0.6) is 5.19 Å². The van der Waals surface area contributed by atoms with Crippen molar-refractivity contribution in [1.82, 2.24) is 14.8 Å². The SMILES string of the molecule is CCC(=O)N1Cc2nc(OC3CCN(C4CCC4)CC3)sc2C1. The van der Waals surface area contributed by atoms with Gasteiger partial charge in [0.15, 0.2) is 0 Å². The lowest BCUT2D eigenvalue weighted by atomic mass is 9.90. The number of carbonyl (C=O) groups excluding carboxylic acids is 1. The highest BCUT2D eigenvalue weighted by atomic mass is 32.1. The lowest BCUT2D eigenvalue weighted by Crippen LogP contribution is -2.46. The van der Waals surface area contributed by atoms with Gasteiger partial charge in [0.1, 0.15) is 6.10 Å². The van der Waals surface area contributed by atoms with Gasteiger partial charge < -0.3 is 14.5 Å². The Morgan fingerprint density at radius 2 is 2.04 bits per heavy atom. The Bertz CT molecular complexity index is 553. The third-order valence-corrected chi connectivity index (χ3v) is 6.40. The van der Waals surface area contributed by atoms with Gasteiger partial charge in [-0.1, -0.05) is 24.7 Å². The van der Waals surface area contributed by atoms with E-state index in [-0.39, 0.29) is 5.91 Å². The number of thiazole rings is 1. The quantitative estimate of drug-likeness (QED) is 0.849. The van der Waals surface area contributed by atoms with Crippen molar-refractivity contribution in [3.8, 4) is 5.19 Å². The number of piperidine rings is 1. The first-order valence-electron chi connectivity index (χ1n) is 8.90. The number of aromatic nitrogens is 1. The number of fused-ring (bicyclic) bond motifs is 1.